The monoisotopic (exact) mass is 314 g/mol. The summed E-state index contributed by atoms with van der Waals surface area (Å²) >= 11 is 0. The molecule has 21 heavy (non-hydrogen) atoms. The number of nitrogens with zero attached hydrogens (tertiary/aromatic N) is 1. The van der Waals surface area contributed by atoms with E-state index < -0.39 is 22.2 Å². The Labute approximate surface area is 126 Å². The Morgan fingerprint density at radius 3 is 2.14 bits per heavy atom. The van der Waals surface area contributed by atoms with E-state index in [0.29, 0.717) is 31.5 Å². The topological polar surface area (TPSA) is 86.7 Å². The van der Waals surface area contributed by atoms with Gasteiger partial charge in [0, 0.05) is 13.1 Å². The number of benzene rings is 1. The molecule has 0 bridgehead atoms. The van der Waals surface area contributed by atoms with E-state index in [1.807, 2.05) is 13.8 Å². The summed E-state index contributed by atoms with van der Waals surface area (Å²) in [6, 6.07) is 6.99. The highest BCUT2D eigenvalue weighted by Crippen LogP contribution is 2.15. The third-order valence-corrected chi connectivity index (χ3v) is 4.51. The van der Waals surface area contributed by atoms with Crippen LogP contribution in [0.15, 0.2) is 30.3 Å². The molecular weight excluding hydrogens is 292 g/mol. The van der Waals surface area contributed by atoms with Crippen LogP contribution in [0.4, 0.5) is 0 Å². The largest absolute Gasteiger partial charge is 0.480 e. The number of rotatable bonds is 9. The number of carboxylic acids is 1. The second-order valence-corrected chi connectivity index (χ2v) is 6.41. The van der Waals surface area contributed by atoms with Crippen molar-refractivity contribution in [3.8, 4) is 0 Å². The van der Waals surface area contributed by atoms with Gasteiger partial charge in [0.1, 0.15) is 6.04 Å². The molecule has 0 radical (unpaired) electrons. The second-order valence-electron chi connectivity index (χ2n) is 4.70. The van der Waals surface area contributed by atoms with Crippen LogP contribution in [0.5, 0.6) is 0 Å². The fourth-order valence-corrected chi connectivity index (χ4v) is 3.51. The van der Waals surface area contributed by atoms with Gasteiger partial charge < -0.3 is 5.11 Å². The van der Waals surface area contributed by atoms with Gasteiger partial charge in [-0.2, -0.15) is 17.4 Å². The van der Waals surface area contributed by atoms with E-state index in [2.05, 4.69) is 4.72 Å². The van der Waals surface area contributed by atoms with Crippen molar-refractivity contribution < 1.29 is 18.3 Å². The second kappa shape index (κ2) is 8.11. The van der Waals surface area contributed by atoms with Gasteiger partial charge in [-0.3, -0.25) is 4.79 Å². The van der Waals surface area contributed by atoms with Crippen LogP contribution < -0.4 is 4.72 Å². The Morgan fingerprint density at radius 1 is 1.19 bits per heavy atom. The zero-order valence-corrected chi connectivity index (χ0v) is 13.1. The quantitative estimate of drug-likeness (QED) is 0.727. The Bertz CT molecular complexity index is 539. The van der Waals surface area contributed by atoms with Crippen molar-refractivity contribution >= 4 is 16.2 Å². The van der Waals surface area contributed by atoms with Crippen molar-refractivity contribution in [1.29, 1.82) is 0 Å². The lowest BCUT2D eigenvalue weighted by Gasteiger charge is -2.24. The van der Waals surface area contributed by atoms with Crippen molar-refractivity contribution in [2.75, 3.05) is 13.1 Å². The van der Waals surface area contributed by atoms with E-state index in [0.717, 1.165) is 0 Å². The summed E-state index contributed by atoms with van der Waals surface area (Å²) in [7, 11) is -3.84. The van der Waals surface area contributed by atoms with Gasteiger partial charge in [0.2, 0.25) is 0 Å². The minimum atomic E-state index is -3.84. The van der Waals surface area contributed by atoms with Gasteiger partial charge >= 0.3 is 5.97 Å². The highest BCUT2D eigenvalue weighted by molar-refractivity contribution is 7.87. The fraction of sp³-hybridized carbons (Fsp3) is 0.500. The summed E-state index contributed by atoms with van der Waals surface area (Å²) in [6.07, 6.45) is 1.34. The molecular formula is C14H22N2O4S. The van der Waals surface area contributed by atoms with E-state index in [4.69, 9.17) is 0 Å². The molecule has 0 saturated carbocycles. The Morgan fingerprint density at radius 2 is 1.71 bits per heavy atom. The highest BCUT2D eigenvalue weighted by atomic mass is 32.2. The maximum absolute atomic E-state index is 12.4. The molecule has 1 aromatic carbocycles. The third-order valence-electron chi connectivity index (χ3n) is 2.93. The maximum atomic E-state index is 12.4. The molecule has 2 N–H and O–H groups in total. The molecule has 7 heteroatoms. The van der Waals surface area contributed by atoms with Crippen LogP contribution in [0.2, 0.25) is 0 Å². The molecule has 0 heterocycles. The first-order valence-electron chi connectivity index (χ1n) is 6.97. The van der Waals surface area contributed by atoms with Crippen molar-refractivity contribution in [2.24, 2.45) is 0 Å². The number of carboxylic acid groups (broad SMARTS) is 1. The van der Waals surface area contributed by atoms with Crippen LogP contribution >= 0.6 is 0 Å². The summed E-state index contributed by atoms with van der Waals surface area (Å²) in [5.74, 6) is -1.22. The first-order chi connectivity index (χ1) is 9.92. The molecule has 0 fully saturated rings. The minimum Gasteiger partial charge on any atom is -0.480 e. The van der Waals surface area contributed by atoms with Crippen LogP contribution in [0, 0.1) is 0 Å². The van der Waals surface area contributed by atoms with Crippen LogP contribution in [0.1, 0.15) is 38.3 Å². The van der Waals surface area contributed by atoms with E-state index in [1.165, 1.54) is 4.31 Å². The Hall–Kier alpha value is -1.44. The maximum Gasteiger partial charge on any atom is 0.326 e. The average Bonchev–Trinajstić information content (AvgIpc) is 2.45. The van der Waals surface area contributed by atoms with E-state index in [-0.39, 0.29) is 0 Å². The molecule has 0 saturated heterocycles. The molecule has 118 valence electrons. The molecule has 0 aliphatic carbocycles. The van der Waals surface area contributed by atoms with Gasteiger partial charge in [0.25, 0.3) is 10.2 Å². The van der Waals surface area contributed by atoms with Gasteiger partial charge in [-0.15, -0.1) is 0 Å². The number of aliphatic carboxylic acids is 1. The Balaban J connectivity index is 2.99. The Kier molecular flexibility index (Phi) is 6.80. The lowest BCUT2D eigenvalue weighted by atomic mass is 10.1. The van der Waals surface area contributed by atoms with Gasteiger partial charge in [-0.05, 0) is 18.4 Å². The fourth-order valence-electron chi connectivity index (χ4n) is 1.98. The summed E-state index contributed by atoms with van der Waals surface area (Å²) < 4.78 is 28.3. The molecule has 0 amide bonds. The van der Waals surface area contributed by atoms with Crippen LogP contribution in [-0.2, 0) is 15.0 Å². The number of hydrogen-bond acceptors (Lipinski definition) is 3. The lowest BCUT2D eigenvalue weighted by Crippen LogP contribution is -2.45. The predicted octanol–water partition coefficient (Wildman–Crippen LogP) is 1.77. The van der Waals surface area contributed by atoms with Crippen molar-refractivity contribution in [1.82, 2.24) is 9.03 Å². The molecule has 1 unspecified atom stereocenters. The zero-order chi connectivity index (χ0) is 15.9. The summed E-state index contributed by atoms with van der Waals surface area (Å²) in [6.45, 7) is 4.49. The van der Waals surface area contributed by atoms with Crippen molar-refractivity contribution in [3.05, 3.63) is 35.9 Å². The number of nitrogens with one attached hydrogen (secondary N) is 1. The van der Waals surface area contributed by atoms with E-state index >= 15 is 0 Å². The molecule has 1 rings (SSSR count). The summed E-state index contributed by atoms with van der Waals surface area (Å²) in [4.78, 5) is 11.4. The zero-order valence-electron chi connectivity index (χ0n) is 12.3. The van der Waals surface area contributed by atoms with Crippen molar-refractivity contribution in [3.63, 3.8) is 0 Å². The van der Waals surface area contributed by atoms with E-state index in [1.54, 1.807) is 30.3 Å². The van der Waals surface area contributed by atoms with Gasteiger partial charge in [0.05, 0.1) is 0 Å². The first kappa shape index (κ1) is 17.6. The predicted molar refractivity (Wildman–Crippen MR) is 81.0 cm³/mol. The van der Waals surface area contributed by atoms with Gasteiger partial charge in [-0.25, -0.2) is 0 Å². The molecule has 0 aliphatic rings. The molecule has 0 aliphatic heterocycles. The minimum absolute atomic E-state index is 0.365. The third kappa shape index (κ3) is 5.11. The van der Waals surface area contributed by atoms with Crippen molar-refractivity contribution in [2.45, 2.75) is 32.7 Å². The van der Waals surface area contributed by atoms with Gasteiger partial charge in [-0.1, -0.05) is 44.2 Å². The average molecular weight is 314 g/mol. The number of carbonyl (C=O) groups is 1. The number of hydrogen-bond donors (Lipinski definition) is 2. The SMILES string of the molecule is CCCN(CCC)S(=O)(=O)NC(C(=O)O)c1ccccc1. The highest BCUT2D eigenvalue weighted by Gasteiger charge is 2.29. The first-order valence-corrected chi connectivity index (χ1v) is 8.41. The molecule has 6 nitrogen and oxygen atoms in total. The van der Waals surface area contributed by atoms with Crippen LogP contribution in [-0.4, -0.2) is 36.9 Å². The molecule has 1 aromatic rings. The van der Waals surface area contributed by atoms with Crippen LogP contribution in [0.3, 0.4) is 0 Å². The normalized spacial score (nSPS) is 13.3. The smallest absolute Gasteiger partial charge is 0.326 e. The molecule has 0 spiro atoms. The molecule has 0 aromatic heterocycles. The lowest BCUT2D eigenvalue weighted by molar-refractivity contribution is -0.139. The summed E-state index contributed by atoms with van der Waals surface area (Å²) in [5.41, 5.74) is 0.404. The summed E-state index contributed by atoms with van der Waals surface area (Å²) in [5, 5.41) is 9.29. The molecule has 1 atom stereocenters. The standard InChI is InChI=1S/C14H22N2O4S/c1-3-10-16(11-4-2)21(19,20)15-13(14(17)18)12-8-6-5-7-9-12/h5-9,13,15H,3-4,10-11H2,1-2H3,(H,17,18). The van der Waals surface area contributed by atoms with E-state index in [9.17, 15) is 18.3 Å². The van der Waals surface area contributed by atoms with Gasteiger partial charge in [0.15, 0.2) is 0 Å². The van der Waals surface area contributed by atoms with Crippen LogP contribution in [0.25, 0.3) is 0 Å².